The van der Waals surface area contributed by atoms with E-state index in [1.165, 1.54) is 11.3 Å². The maximum atomic E-state index is 14.1. The second-order valence-electron chi connectivity index (χ2n) is 4.12. The summed E-state index contributed by atoms with van der Waals surface area (Å²) in [5.74, 6) is 6.00. The molecule has 3 N–H and O–H groups in total. The molecule has 19 heavy (non-hydrogen) atoms. The van der Waals surface area contributed by atoms with Crippen LogP contribution in [-0.4, -0.2) is 9.97 Å². The molecule has 96 valence electrons. The number of aryl methyl sites for hydroxylation is 1. The van der Waals surface area contributed by atoms with Crippen molar-refractivity contribution in [2.75, 3.05) is 5.43 Å². The summed E-state index contributed by atoms with van der Waals surface area (Å²) < 4.78 is 14.1. The highest BCUT2D eigenvalue weighted by Crippen LogP contribution is 2.29. The van der Waals surface area contributed by atoms with Crippen molar-refractivity contribution >= 4 is 27.4 Å². The molecule has 2 aromatic heterocycles. The molecule has 0 atom stereocenters. The molecule has 3 aromatic rings. The van der Waals surface area contributed by atoms with E-state index in [1.54, 1.807) is 25.1 Å². The predicted molar refractivity (Wildman–Crippen MR) is 75.4 cm³/mol. The summed E-state index contributed by atoms with van der Waals surface area (Å²) in [5, 5.41) is 2.74. The van der Waals surface area contributed by atoms with Gasteiger partial charge in [-0.05, 0) is 30.0 Å². The van der Waals surface area contributed by atoms with E-state index in [-0.39, 0.29) is 5.82 Å². The largest absolute Gasteiger partial charge is 0.308 e. The van der Waals surface area contributed by atoms with Gasteiger partial charge in [-0.2, -0.15) is 0 Å². The zero-order valence-electron chi connectivity index (χ0n) is 10.1. The van der Waals surface area contributed by atoms with Crippen LogP contribution in [-0.2, 0) is 0 Å². The first-order chi connectivity index (χ1) is 9.20. The third kappa shape index (κ3) is 1.94. The van der Waals surface area contributed by atoms with Crippen LogP contribution in [0.2, 0.25) is 0 Å². The molecular formula is C13H11FN4S. The number of halogens is 1. The van der Waals surface area contributed by atoms with Gasteiger partial charge in [0.25, 0.3) is 0 Å². The standard InChI is InChI=1S/C13H11FN4S/c1-7-3-2-4-8(10(7)14)11-16-12(18-15)9-5-6-19-13(9)17-11/h2-6H,15H2,1H3,(H,16,17,18). The van der Waals surface area contributed by atoms with Crippen LogP contribution in [0.3, 0.4) is 0 Å². The van der Waals surface area contributed by atoms with Gasteiger partial charge in [-0.1, -0.05) is 12.1 Å². The van der Waals surface area contributed by atoms with Crippen molar-refractivity contribution in [3.63, 3.8) is 0 Å². The molecule has 0 bridgehead atoms. The molecule has 4 nitrogen and oxygen atoms in total. The fourth-order valence-electron chi connectivity index (χ4n) is 1.91. The van der Waals surface area contributed by atoms with Crippen molar-refractivity contribution in [2.45, 2.75) is 6.92 Å². The van der Waals surface area contributed by atoms with Crippen LogP contribution < -0.4 is 11.3 Å². The van der Waals surface area contributed by atoms with Gasteiger partial charge in [0.15, 0.2) is 11.6 Å². The SMILES string of the molecule is Cc1cccc(-c2nc(NN)c3ccsc3n2)c1F. The van der Waals surface area contributed by atoms with Gasteiger partial charge in [0.1, 0.15) is 10.6 Å². The minimum absolute atomic E-state index is 0.304. The molecule has 0 aliphatic heterocycles. The second kappa shape index (κ2) is 4.56. The minimum atomic E-state index is -0.304. The van der Waals surface area contributed by atoms with E-state index in [0.29, 0.717) is 22.8 Å². The highest BCUT2D eigenvalue weighted by molar-refractivity contribution is 7.16. The fraction of sp³-hybridized carbons (Fsp3) is 0.0769. The molecule has 6 heteroatoms. The van der Waals surface area contributed by atoms with Crippen molar-refractivity contribution in [1.29, 1.82) is 0 Å². The number of benzene rings is 1. The molecule has 2 heterocycles. The van der Waals surface area contributed by atoms with Crippen LogP contribution in [0.1, 0.15) is 5.56 Å². The molecule has 0 fully saturated rings. The molecule has 0 unspecified atom stereocenters. The zero-order valence-corrected chi connectivity index (χ0v) is 11.0. The summed E-state index contributed by atoms with van der Waals surface area (Å²) in [5.41, 5.74) is 3.48. The molecule has 0 aliphatic rings. The molecule has 3 rings (SSSR count). The summed E-state index contributed by atoms with van der Waals surface area (Å²) in [7, 11) is 0. The van der Waals surface area contributed by atoms with Gasteiger partial charge in [-0.3, -0.25) is 0 Å². The Balaban J connectivity index is 2.27. The molecule has 0 saturated carbocycles. The third-order valence-corrected chi connectivity index (χ3v) is 3.70. The Hall–Kier alpha value is -2.05. The van der Waals surface area contributed by atoms with Gasteiger partial charge in [-0.25, -0.2) is 20.2 Å². The summed E-state index contributed by atoms with van der Waals surface area (Å²) in [6.07, 6.45) is 0. The lowest BCUT2D eigenvalue weighted by atomic mass is 10.1. The zero-order chi connectivity index (χ0) is 13.4. The Labute approximate surface area is 113 Å². The van der Waals surface area contributed by atoms with Crippen LogP contribution >= 0.6 is 11.3 Å². The maximum absolute atomic E-state index is 14.1. The van der Waals surface area contributed by atoms with E-state index in [0.717, 1.165) is 10.2 Å². The minimum Gasteiger partial charge on any atom is -0.308 e. The lowest BCUT2D eigenvalue weighted by Crippen LogP contribution is -2.10. The number of hydrogen-bond acceptors (Lipinski definition) is 5. The molecule has 0 aliphatic carbocycles. The molecule has 0 amide bonds. The summed E-state index contributed by atoms with van der Waals surface area (Å²) >= 11 is 1.47. The normalized spacial score (nSPS) is 10.9. The van der Waals surface area contributed by atoms with Crippen LogP contribution in [0, 0.1) is 12.7 Å². The second-order valence-corrected chi connectivity index (χ2v) is 5.01. The highest BCUT2D eigenvalue weighted by atomic mass is 32.1. The number of aromatic nitrogens is 2. The van der Waals surface area contributed by atoms with E-state index in [4.69, 9.17) is 5.84 Å². The number of rotatable bonds is 2. The first-order valence-corrected chi connectivity index (χ1v) is 6.56. The van der Waals surface area contributed by atoms with Crippen LogP contribution in [0.15, 0.2) is 29.6 Å². The smallest absolute Gasteiger partial charge is 0.166 e. The van der Waals surface area contributed by atoms with E-state index < -0.39 is 0 Å². The van der Waals surface area contributed by atoms with Gasteiger partial charge in [0, 0.05) is 0 Å². The maximum Gasteiger partial charge on any atom is 0.166 e. The van der Waals surface area contributed by atoms with Gasteiger partial charge in [0.2, 0.25) is 0 Å². The van der Waals surface area contributed by atoms with E-state index in [9.17, 15) is 4.39 Å². The monoisotopic (exact) mass is 274 g/mol. The number of nitrogen functional groups attached to an aromatic ring is 1. The van der Waals surface area contributed by atoms with Crippen molar-refractivity contribution in [3.05, 3.63) is 41.0 Å². The van der Waals surface area contributed by atoms with E-state index in [2.05, 4.69) is 15.4 Å². The van der Waals surface area contributed by atoms with Gasteiger partial charge < -0.3 is 5.43 Å². The Morgan fingerprint density at radius 3 is 2.89 bits per heavy atom. The average Bonchev–Trinajstić information content (AvgIpc) is 2.89. The van der Waals surface area contributed by atoms with Crippen molar-refractivity contribution < 1.29 is 4.39 Å². The van der Waals surface area contributed by atoms with Crippen LogP contribution in [0.25, 0.3) is 21.6 Å². The Morgan fingerprint density at radius 1 is 1.26 bits per heavy atom. The topological polar surface area (TPSA) is 63.8 Å². The summed E-state index contributed by atoms with van der Waals surface area (Å²) in [6.45, 7) is 1.71. The Kier molecular flexibility index (Phi) is 2.88. The Bertz CT molecular complexity index is 753. The summed E-state index contributed by atoms with van der Waals surface area (Å²) in [4.78, 5) is 9.45. The predicted octanol–water partition coefficient (Wildman–Crippen LogP) is 3.09. The third-order valence-electron chi connectivity index (χ3n) is 2.89. The first kappa shape index (κ1) is 12.0. The van der Waals surface area contributed by atoms with Gasteiger partial charge >= 0.3 is 0 Å². The summed E-state index contributed by atoms with van der Waals surface area (Å²) in [6, 6.07) is 7.04. The number of fused-ring (bicyclic) bond motifs is 1. The number of hydrazine groups is 1. The number of nitrogens with zero attached hydrogens (tertiary/aromatic N) is 2. The number of thiophene rings is 1. The number of nitrogens with one attached hydrogen (secondary N) is 1. The van der Waals surface area contributed by atoms with Gasteiger partial charge in [-0.15, -0.1) is 11.3 Å². The number of hydrogen-bond donors (Lipinski definition) is 2. The van der Waals surface area contributed by atoms with Crippen LogP contribution in [0.5, 0.6) is 0 Å². The fourth-order valence-corrected chi connectivity index (χ4v) is 2.67. The molecule has 0 spiro atoms. The van der Waals surface area contributed by atoms with Crippen molar-refractivity contribution in [3.8, 4) is 11.4 Å². The highest BCUT2D eigenvalue weighted by Gasteiger charge is 2.13. The van der Waals surface area contributed by atoms with E-state index >= 15 is 0 Å². The first-order valence-electron chi connectivity index (χ1n) is 5.68. The average molecular weight is 274 g/mol. The molecule has 0 saturated heterocycles. The number of nitrogens with two attached hydrogens (primary N) is 1. The van der Waals surface area contributed by atoms with E-state index in [1.807, 2.05) is 11.4 Å². The molecule has 1 aromatic carbocycles. The Morgan fingerprint density at radius 2 is 2.11 bits per heavy atom. The van der Waals surface area contributed by atoms with Crippen molar-refractivity contribution in [2.24, 2.45) is 5.84 Å². The lowest BCUT2D eigenvalue weighted by molar-refractivity contribution is 0.621. The molecule has 0 radical (unpaired) electrons. The van der Waals surface area contributed by atoms with Crippen molar-refractivity contribution in [1.82, 2.24) is 9.97 Å². The molecular weight excluding hydrogens is 263 g/mol. The van der Waals surface area contributed by atoms with Crippen LogP contribution in [0.4, 0.5) is 10.2 Å². The van der Waals surface area contributed by atoms with Gasteiger partial charge in [0.05, 0.1) is 10.9 Å². The lowest BCUT2D eigenvalue weighted by Gasteiger charge is -2.07. The number of anilines is 1. The quantitative estimate of drug-likeness (QED) is 0.557.